The predicted octanol–water partition coefficient (Wildman–Crippen LogP) is 0.319. The Morgan fingerprint density at radius 3 is 2.53 bits per heavy atom. The van der Waals surface area contributed by atoms with Gasteiger partial charge in [-0.15, -0.1) is 0 Å². The van der Waals surface area contributed by atoms with Crippen LogP contribution < -0.4 is 11.1 Å². The van der Waals surface area contributed by atoms with Gasteiger partial charge in [-0.1, -0.05) is 12.1 Å². The van der Waals surface area contributed by atoms with Crippen molar-refractivity contribution in [1.29, 1.82) is 0 Å². The Balaban J connectivity index is 1.78. The van der Waals surface area contributed by atoms with Crippen molar-refractivity contribution >= 4 is 23.8 Å². The highest BCUT2D eigenvalue weighted by atomic mass is 16.6. The Hall–Kier alpha value is -4.09. The van der Waals surface area contributed by atoms with Crippen LogP contribution in [0.5, 0.6) is 5.75 Å². The van der Waals surface area contributed by atoms with Crippen molar-refractivity contribution in [3.8, 4) is 5.75 Å². The number of rotatable bonds is 8. The van der Waals surface area contributed by atoms with Crippen LogP contribution in [0.3, 0.4) is 0 Å². The molecule has 2 aromatic rings. The molecule has 0 unspecified atom stereocenters. The van der Waals surface area contributed by atoms with Crippen LogP contribution in [0, 0.1) is 0 Å². The first-order valence-electron chi connectivity index (χ1n) is 11.6. The Bertz CT molecular complexity index is 1080. The smallest absolute Gasteiger partial charge is 0.408 e. The van der Waals surface area contributed by atoms with E-state index in [9.17, 15) is 24.3 Å². The molecule has 1 fully saturated rings. The second-order valence-corrected chi connectivity index (χ2v) is 9.56. The number of alkyl carbamates (subject to hydrolysis) is 1. The maximum atomic E-state index is 13.6. The third-order valence-electron chi connectivity index (χ3n) is 5.67. The van der Waals surface area contributed by atoms with E-state index in [1.807, 2.05) is 0 Å². The average molecular weight is 501 g/mol. The topological polar surface area (TPSA) is 171 Å². The summed E-state index contributed by atoms with van der Waals surface area (Å²) in [5, 5.41) is 12.0. The SMILES string of the molecule is CC(C)(C)OC(=O)NCC(=O)N1CCN([C@@H](Cc2ccc(O)cc2)C(N)=O)C(=O)[C@@H]1Cc1cnc[nH]1. The molecule has 0 saturated carbocycles. The summed E-state index contributed by atoms with van der Waals surface area (Å²) in [4.78, 5) is 60.7. The number of H-pyrrole nitrogens is 1. The van der Waals surface area contributed by atoms with Crippen molar-refractivity contribution in [2.24, 2.45) is 5.73 Å². The van der Waals surface area contributed by atoms with E-state index in [0.717, 1.165) is 5.56 Å². The third-order valence-corrected chi connectivity index (χ3v) is 5.67. The Labute approximate surface area is 208 Å². The van der Waals surface area contributed by atoms with Crippen molar-refractivity contribution < 1.29 is 29.0 Å². The van der Waals surface area contributed by atoms with Gasteiger partial charge in [-0.3, -0.25) is 14.4 Å². The molecule has 0 spiro atoms. The minimum absolute atomic E-state index is 0.0807. The fourth-order valence-corrected chi connectivity index (χ4v) is 4.00. The summed E-state index contributed by atoms with van der Waals surface area (Å²) in [5.74, 6) is -1.50. The molecule has 4 amide bonds. The molecule has 1 aliphatic rings. The summed E-state index contributed by atoms with van der Waals surface area (Å²) < 4.78 is 5.17. The number of aromatic amines is 1. The number of amides is 4. The molecule has 12 heteroatoms. The fourth-order valence-electron chi connectivity index (χ4n) is 4.00. The number of hydrogen-bond acceptors (Lipinski definition) is 7. The number of nitrogens with one attached hydrogen (secondary N) is 2. The molecule has 1 aromatic heterocycles. The lowest BCUT2D eigenvalue weighted by atomic mass is 9.99. The second-order valence-electron chi connectivity index (χ2n) is 9.56. The maximum absolute atomic E-state index is 13.6. The number of phenols is 1. The zero-order chi connectivity index (χ0) is 26.5. The lowest BCUT2D eigenvalue weighted by Crippen LogP contribution is -2.64. The summed E-state index contributed by atoms with van der Waals surface area (Å²) >= 11 is 0. The number of phenolic OH excluding ortho intramolecular Hbond substituents is 1. The highest BCUT2D eigenvalue weighted by Gasteiger charge is 2.41. The molecule has 1 aliphatic heterocycles. The van der Waals surface area contributed by atoms with E-state index in [-0.39, 0.29) is 38.2 Å². The highest BCUT2D eigenvalue weighted by Crippen LogP contribution is 2.21. The van der Waals surface area contributed by atoms with Crippen molar-refractivity contribution in [2.75, 3.05) is 19.6 Å². The van der Waals surface area contributed by atoms with E-state index in [1.165, 1.54) is 28.3 Å². The molecule has 5 N–H and O–H groups in total. The minimum Gasteiger partial charge on any atom is -0.508 e. The number of nitrogens with two attached hydrogens (primary N) is 1. The number of piperazine rings is 1. The molecule has 36 heavy (non-hydrogen) atoms. The minimum atomic E-state index is -0.941. The standard InChI is InChI=1S/C24H32N6O6/c1-24(2,3)36-23(35)27-13-20(32)29-8-9-30(22(34)19(29)11-16-12-26-14-28-16)18(21(25)33)10-15-4-6-17(31)7-5-15/h4-7,12,14,18-19,31H,8-11,13H2,1-3H3,(H2,25,33)(H,26,28)(H,27,35)/t18-,19-/m0/s1. The third kappa shape index (κ3) is 6.96. The number of carbonyl (C=O) groups is 4. The van der Waals surface area contributed by atoms with Gasteiger partial charge in [-0.05, 0) is 38.5 Å². The van der Waals surface area contributed by atoms with E-state index >= 15 is 0 Å². The number of primary amides is 1. The van der Waals surface area contributed by atoms with Crippen LogP contribution in [0.2, 0.25) is 0 Å². The van der Waals surface area contributed by atoms with Crippen LogP contribution in [0.15, 0.2) is 36.8 Å². The molecule has 2 heterocycles. The van der Waals surface area contributed by atoms with Crippen molar-refractivity contribution in [1.82, 2.24) is 25.1 Å². The van der Waals surface area contributed by atoms with E-state index in [4.69, 9.17) is 10.5 Å². The van der Waals surface area contributed by atoms with E-state index < -0.39 is 41.5 Å². The van der Waals surface area contributed by atoms with Gasteiger partial charge in [-0.2, -0.15) is 0 Å². The van der Waals surface area contributed by atoms with E-state index in [1.54, 1.807) is 39.1 Å². The van der Waals surface area contributed by atoms with Crippen molar-refractivity contribution in [2.45, 2.75) is 51.3 Å². The molecular formula is C24H32N6O6. The van der Waals surface area contributed by atoms with E-state index in [0.29, 0.717) is 5.69 Å². The quantitative estimate of drug-likeness (QED) is 0.404. The lowest BCUT2D eigenvalue weighted by Gasteiger charge is -2.43. The highest BCUT2D eigenvalue weighted by molar-refractivity contribution is 5.94. The molecule has 1 saturated heterocycles. The summed E-state index contributed by atoms with van der Waals surface area (Å²) in [6, 6.07) is 4.41. The zero-order valence-electron chi connectivity index (χ0n) is 20.6. The molecule has 0 bridgehead atoms. The van der Waals surface area contributed by atoms with Gasteiger partial charge < -0.3 is 35.7 Å². The van der Waals surface area contributed by atoms with Gasteiger partial charge in [0.05, 0.1) is 6.33 Å². The number of hydrogen-bond donors (Lipinski definition) is 4. The van der Waals surface area contributed by atoms with Crippen LogP contribution in [-0.2, 0) is 32.0 Å². The van der Waals surface area contributed by atoms with Gasteiger partial charge in [0.1, 0.15) is 30.0 Å². The number of carbonyl (C=O) groups excluding carboxylic acids is 4. The first-order chi connectivity index (χ1) is 16.9. The van der Waals surface area contributed by atoms with E-state index in [2.05, 4.69) is 15.3 Å². The van der Waals surface area contributed by atoms with Gasteiger partial charge >= 0.3 is 6.09 Å². The van der Waals surface area contributed by atoms with Crippen LogP contribution >= 0.6 is 0 Å². The maximum Gasteiger partial charge on any atom is 0.408 e. The molecule has 194 valence electrons. The van der Waals surface area contributed by atoms with Gasteiger partial charge in [0.25, 0.3) is 0 Å². The Kier molecular flexibility index (Phi) is 8.18. The first-order valence-corrected chi connectivity index (χ1v) is 11.6. The molecule has 1 aromatic carbocycles. The molecule has 3 rings (SSSR count). The predicted molar refractivity (Wildman–Crippen MR) is 129 cm³/mol. The second kappa shape index (κ2) is 11.1. The van der Waals surface area contributed by atoms with Crippen LogP contribution in [0.25, 0.3) is 0 Å². The van der Waals surface area contributed by atoms with Crippen LogP contribution in [0.4, 0.5) is 4.79 Å². The number of imidazole rings is 1. The monoisotopic (exact) mass is 500 g/mol. The molecule has 0 radical (unpaired) electrons. The lowest BCUT2D eigenvalue weighted by molar-refractivity contribution is -0.155. The Morgan fingerprint density at radius 2 is 1.94 bits per heavy atom. The molecular weight excluding hydrogens is 468 g/mol. The molecule has 2 atom stereocenters. The largest absolute Gasteiger partial charge is 0.508 e. The van der Waals surface area contributed by atoms with Crippen LogP contribution in [0.1, 0.15) is 32.0 Å². The Morgan fingerprint density at radius 1 is 1.25 bits per heavy atom. The van der Waals surface area contributed by atoms with Crippen molar-refractivity contribution in [3.63, 3.8) is 0 Å². The fraction of sp³-hybridized carbons (Fsp3) is 0.458. The molecule has 12 nitrogen and oxygen atoms in total. The number of aromatic hydroxyl groups is 1. The normalized spacial score (nSPS) is 17.0. The summed E-state index contributed by atoms with van der Waals surface area (Å²) in [5.41, 5.74) is 6.30. The van der Waals surface area contributed by atoms with Gasteiger partial charge in [0.2, 0.25) is 17.7 Å². The zero-order valence-corrected chi connectivity index (χ0v) is 20.6. The average Bonchev–Trinajstić information content (AvgIpc) is 3.30. The summed E-state index contributed by atoms with van der Waals surface area (Å²) in [7, 11) is 0. The number of nitrogens with zero attached hydrogens (tertiary/aromatic N) is 3. The number of ether oxygens (including phenoxy) is 1. The van der Waals surface area contributed by atoms with Crippen LogP contribution in [-0.4, -0.2) is 86.0 Å². The molecule has 0 aliphatic carbocycles. The first kappa shape index (κ1) is 26.5. The number of aromatic nitrogens is 2. The van der Waals surface area contributed by atoms with Crippen molar-refractivity contribution in [3.05, 3.63) is 48.0 Å². The number of benzene rings is 1. The summed E-state index contributed by atoms with van der Waals surface area (Å²) in [6.07, 6.45) is 2.57. The van der Waals surface area contributed by atoms with Gasteiger partial charge in [0, 0.05) is 37.8 Å². The van der Waals surface area contributed by atoms with Gasteiger partial charge in [0.15, 0.2) is 0 Å². The summed E-state index contributed by atoms with van der Waals surface area (Å²) in [6.45, 7) is 5.00. The van der Waals surface area contributed by atoms with Gasteiger partial charge in [-0.25, -0.2) is 9.78 Å².